The fourth-order valence-corrected chi connectivity index (χ4v) is 4.10. The Morgan fingerprint density at radius 2 is 2.17 bits per heavy atom. The Balaban J connectivity index is 1.41. The molecule has 130 valence electrons. The summed E-state index contributed by atoms with van der Waals surface area (Å²) in [6.45, 7) is 3.63. The van der Waals surface area contributed by atoms with Crippen LogP contribution >= 0.6 is 0 Å². The molecular formula is C19H26N2O3. The fourth-order valence-electron chi connectivity index (χ4n) is 4.10. The van der Waals surface area contributed by atoms with Gasteiger partial charge in [0.2, 0.25) is 0 Å². The SMILES string of the molecule is COc1ccc2[nH]c(CN3CCC4(CC3)OCCC[C@@H]4O)cc2c1. The maximum atomic E-state index is 10.3. The van der Waals surface area contributed by atoms with Crippen LogP contribution in [0.5, 0.6) is 5.75 Å². The summed E-state index contributed by atoms with van der Waals surface area (Å²) in [5, 5.41) is 11.5. The minimum Gasteiger partial charge on any atom is -0.497 e. The average molecular weight is 330 g/mol. The van der Waals surface area contributed by atoms with E-state index in [9.17, 15) is 5.11 Å². The fraction of sp³-hybridized carbons (Fsp3) is 0.579. The van der Waals surface area contributed by atoms with Crippen molar-refractivity contribution < 1.29 is 14.6 Å². The molecule has 5 nitrogen and oxygen atoms in total. The Hall–Kier alpha value is -1.56. The first-order valence-corrected chi connectivity index (χ1v) is 8.89. The van der Waals surface area contributed by atoms with Crippen molar-refractivity contribution in [2.45, 2.75) is 43.9 Å². The molecule has 0 aliphatic carbocycles. The van der Waals surface area contributed by atoms with Crippen molar-refractivity contribution in [2.75, 3.05) is 26.8 Å². The molecule has 2 N–H and O–H groups in total. The molecule has 5 heteroatoms. The molecule has 2 aliphatic heterocycles. The zero-order valence-electron chi connectivity index (χ0n) is 14.3. The molecule has 2 aromatic rings. The van der Waals surface area contributed by atoms with Crippen LogP contribution in [-0.2, 0) is 11.3 Å². The van der Waals surface area contributed by atoms with Gasteiger partial charge in [-0.15, -0.1) is 0 Å². The van der Waals surface area contributed by atoms with Crippen LogP contribution in [0.15, 0.2) is 24.3 Å². The van der Waals surface area contributed by atoms with E-state index in [0.717, 1.165) is 63.2 Å². The van der Waals surface area contributed by atoms with Crippen LogP contribution in [0.4, 0.5) is 0 Å². The molecule has 24 heavy (non-hydrogen) atoms. The second kappa shape index (κ2) is 6.39. The summed E-state index contributed by atoms with van der Waals surface area (Å²) in [5.74, 6) is 0.886. The predicted octanol–water partition coefficient (Wildman–Crippen LogP) is 2.68. The first-order chi connectivity index (χ1) is 11.7. The van der Waals surface area contributed by atoms with Crippen LogP contribution in [0, 0.1) is 0 Å². The number of H-pyrrole nitrogens is 1. The summed E-state index contributed by atoms with van der Waals surface area (Å²) in [6, 6.07) is 8.31. The number of fused-ring (bicyclic) bond motifs is 1. The highest BCUT2D eigenvalue weighted by Gasteiger charge is 2.43. The number of nitrogens with zero attached hydrogens (tertiary/aromatic N) is 1. The summed E-state index contributed by atoms with van der Waals surface area (Å²) >= 11 is 0. The lowest BCUT2D eigenvalue weighted by molar-refractivity contribution is -0.177. The van der Waals surface area contributed by atoms with Gasteiger partial charge >= 0.3 is 0 Å². The van der Waals surface area contributed by atoms with Gasteiger partial charge in [0, 0.05) is 42.8 Å². The van der Waals surface area contributed by atoms with E-state index in [0.29, 0.717) is 0 Å². The van der Waals surface area contributed by atoms with Gasteiger partial charge < -0.3 is 19.6 Å². The van der Waals surface area contributed by atoms with E-state index in [-0.39, 0.29) is 11.7 Å². The van der Waals surface area contributed by atoms with Crippen molar-refractivity contribution in [2.24, 2.45) is 0 Å². The Morgan fingerprint density at radius 3 is 2.92 bits per heavy atom. The lowest BCUT2D eigenvalue weighted by Crippen LogP contribution is -2.55. The number of aromatic amines is 1. The van der Waals surface area contributed by atoms with Gasteiger partial charge in [0.25, 0.3) is 0 Å². The number of aromatic nitrogens is 1. The van der Waals surface area contributed by atoms with E-state index in [1.807, 2.05) is 6.07 Å². The third-order valence-corrected chi connectivity index (χ3v) is 5.60. The van der Waals surface area contributed by atoms with Crippen molar-refractivity contribution in [1.82, 2.24) is 9.88 Å². The highest BCUT2D eigenvalue weighted by atomic mass is 16.5. The van der Waals surface area contributed by atoms with E-state index in [4.69, 9.17) is 9.47 Å². The summed E-state index contributed by atoms with van der Waals surface area (Å²) in [6.07, 6.45) is 3.40. The lowest BCUT2D eigenvalue weighted by atomic mass is 9.82. The largest absolute Gasteiger partial charge is 0.497 e. The highest BCUT2D eigenvalue weighted by Crippen LogP contribution is 2.35. The van der Waals surface area contributed by atoms with E-state index >= 15 is 0 Å². The van der Waals surface area contributed by atoms with Gasteiger partial charge in [-0.05, 0) is 49.9 Å². The predicted molar refractivity (Wildman–Crippen MR) is 93.3 cm³/mol. The minimum absolute atomic E-state index is 0.289. The van der Waals surface area contributed by atoms with Crippen molar-refractivity contribution in [1.29, 1.82) is 0 Å². The monoisotopic (exact) mass is 330 g/mol. The van der Waals surface area contributed by atoms with Crippen LogP contribution in [0.25, 0.3) is 10.9 Å². The van der Waals surface area contributed by atoms with Gasteiger partial charge in [0.1, 0.15) is 5.75 Å². The quantitative estimate of drug-likeness (QED) is 0.908. The van der Waals surface area contributed by atoms with E-state index in [1.54, 1.807) is 7.11 Å². The second-order valence-electron chi connectivity index (χ2n) is 7.10. The number of nitrogens with one attached hydrogen (secondary N) is 1. The van der Waals surface area contributed by atoms with Crippen molar-refractivity contribution >= 4 is 10.9 Å². The van der Waals surface area contributed by atoms with E-state index in [2.05, 4.69) is 28.1 Å². The maximum Gasteiger partial charge on any atom is 0.119 e. The van der Waals surface area contributed by atoms with Crippen molar-refractivity contribution in [3.63, 3.8) is 0 Å². The molecule has 1 atom stereocenters. The second-order valence-corrected chi connectivity index (χ2v) is 7.10. The molecular weight excluding hydrogens is 304 g/mol. The normalized spacial score (nSPS) is 24.5. The Labute approximate surface area is 142 Å². The summed E-state index contributed by atoms with van der Waals surface area (Å²) < 4.78 is 11.3. The number of likely N-dealkylation sites (tertiary alicyclic amines) is 1. The smallest absolute Gasteiger partial charge is 0.119 e. The number of aliphatic hydroxyl groups is 1. The van der Waals surface area contributed by atoms with Gasteiger partial charge in [-0.1, -0.05) is 0 Å². The van der Waals surface area contributed by atoms with Crippen LogP contribution in [0.2, 0.25) is 0 Å². The van der Waals surface area contributed by atoms with Gasteiger partial charge in [-0.3, -0.25) is 4.90 Å². The number of hydrogen-bond acceptors (Lipinski definition) is 4. The minimum atomic E-state index is -0.297. The summed E-state index contributed by atoms with van der Waals surface area (Å²) in [7, 11) is 1.69. The molecule has 2 fully saturated rings. The molecule has 0 radical (unpaired) electrons. The number of ether oxygens (including phenoxy) is 2. The molecule has 0 saturated carbocycles. The number of rotatable bonds is 3. The Morgan fingerprint density at radius 1 is 1.33 bits per heavy atom. The van der Waals surface area contributed by atoms with Crippen LogP contribution in [0.3, 0.4) is 0 Å². The van der Waals surface area contributed by atoms with Crippen LogP contribution in [-0.4, -0.2) is 53.5 Å². The topological polar surface area (TPSA) is 57.7 Å². The molecule has 1 aromatic heterocycles. The Kier molecular flexibility index (Phi) is 4.24. The van der Waals surface area contributed by atoms with Gasteiger partial charge in [-0.25, -0.2) is 0 Å². The van der Waals surface area contributed by atoms with Crippen molar-refractivity contribution in [3.05, 3.63) is 30.0 Å². The molecule has 3 heterocycles. The molecule has 0 unspecified atom stereocenters. The highest BCUT2D eigenvalue weighted by molar-refractivity contribution is 5.81. The molecule has 1 spiro atoms. The number of benzene rings is 1. The standard InChI is InChI=1S/C19H26N2O3/c1-23-16-4-5-17-14(12-16)11-15(20-17)13-21-8-6-19(7-9-21)18(22)3-2-10-24-19/h4-5,11-12,18,20,22H,2-3,6-10,13H2,1H3/t18-/m0/s1. The summed E-state index contributed by atoms with van der Waals surface area (Å²) in [4.78, 5) is 5.94. The van der Waals surface area contributed by atoms with Gasteiger partial charge in [-0.2, -0.15) is 0 Å². The zero-order chi connectivity index (χ0) is 16.6. The van der Waals surface area contributed by atoms with Gasteiger partial charge in [0.05, 0.1) is 18.8 Å². The first-order valence-electron chi connectivity index (χ1n) is 8.89. The first kappa shape index (κ1) is 15.9. The molecule has 4 rings (SSSR count). The summed E-state index contributed by atoms with van der Waals surface area (Å²) in [5.41, 5.74) is 2.08. The van der Waals surface area contributed by atoms with Crippen LogP contribution < -0.4 is 4.74 Å². The zero-order valence-corrected chi connectivity index (χ0v) is 14.3. The van der Waals surface area contributed by atoms with Crippen molar-refractivity contribution in [3.8, 4) is 5.75 Å². The van der Waals surface area contributed by atoms with E-state index in [1.165, 1.54) is 11.1 Å². The number of aliphatic hydroxyl groups excluding tert-OH is 1. The average Bonchev–Trinajstić information content (AvgIpc) is 3.01. The third kappa shape index (κ3) is 2.92. The Bertz CT molecular complexity index is 704. The van der Waals surface area contributed by atoms with E-state index < -0.39 is 0 Å². The maximum absolute atomic E-state index is 10.3. The van der Waals surface area contributed by atoms with Crippen LogP contribution in [0.1, 0.15) is 31.4 Å². The third-order valence-electron chi connectivity index (χ3n) is 5.60. The number of methoxy groups -OCH3 is 1. The lowest BCUT2D eigenvalue weighted by Gasteiger charge is -2.46. The van der Waals surface area contributed by atoms with Gasteiger partial charge in [0.15, 0.2) is 0 Å². The molecule has 2 aliphatic rings. The molecule has 0 amide bonds. The number of piperidine rings is 1. The number of hydrogen-bond donors (Lipinski definition) is 2. The molecule has 2 saturated heterocycles. The molecule has 1 aromatic carbocycles. The molecule has 0 bridgehead atoms.